The zero-order chi connectivity index (χ0) is 48.0. The molecule has 0 unspecified atom stereocenters. The number of hydrogen-bond acceptors (Lipinski definition) is 4. The average molecular weight is 847 g/mol. The molecule has 0 bridgehead atoms. The van der Waals surface area contributed by atoms with Gasteiger partial charge in [0.1, 0.15) is 23.0 Å². The molecule has 0 aliphatic heterocycles. The zero-order valence-electron chi connectivity index (χ0n) is 43.6. The summed E-state index contributed by atoms with van der Waals surface area (Å²) in [6.45, 7) is 51.9. The quantitative estimate of drug-likeness (QED) is 0.161. The van der Waals surface area contributed by atoms with Gasteiger partial charge >= 0.3 is 0 Å². The Balaban J connectivity index is 2.61. The molecule has 4 N–H and O–H groups in total. The molecule has 0 radical (unpaired) electrons. The predicted molar refractivity (Wildman–Crippen MR) is 266 cm³/mol. The van der Waals surface area contributed by atoms with E-state index in [9.17, 15) is 20.4 Å². The van der Waals surface area contributed by atoms with Gasteiger partial charge in [-0.25, -0.2) is 0 Å². The molecular weight excluding hydrogens is 761 g/mol. The Bertz CT molecular complexity index is 1970. The van der Waals surface area contributed by atoms with E-state index < -0.39 is 33.5 Å². The van der Waals surface area contributed by atoms with Crippen molar-refractivity contribution in [2.45, 2.75) is 221 Å². The fraction of sp³-hybridized carbons (Fsp3) is 0.586. The second-order valence-corrected chi connectivity index (χ2v) is 26.8. The molecule has 0 spiro atoms. The SMILES string of the molecule is CC(C)(C)c1cc(C(c2cc(C(C)(C)C)cc(C(C)(C)C)c2O)C(c2cc(C(C)(C)C)cc(C(C)(C)C)c2O)c2cc(C(C)(C)C)cc(C(C)(C)C)c2O)c(O)c(C(C)(C)C)c1. The zero-order valence-corrected chi connectivity index (χ0v) is 43.6. The molecule has 62 heavy (non-hydrogen) atoms. The molecule has 0 aliphatic carbocycles. The van der Waals surface area contributed by atoms with E-state index in [0.717, 1.165) is 44.5 Å². The fourth-order valence-electron chi connectivity index (χ4n) is 8.65. The van der Waals surface area contributed by atoms with Crippen LogP contribution in [0.2, 0.25) is 0 Å². The van der Waals surface area contributed by atoms with Crippen molar-refractivity contribution in [1.82, 2.24) is 0 Å². The van der Waals surface area contributed by atoms with Crippen molar-refractivity contribution in [3.63, 3.8) is 0 Å². The first-order chi connectivity index (χ1) is 27.5. The van der Waals surface area contributed by atoms with Crippen LogP contribution in [0.3, 0.4) is 0 Å². The third-order valence-corrected chi connectivity index (χ3v) is 12.9. The largest absolute Gasteiger partial charge is 0.507 e. The first-order valence-corrected chi connectivity index (χ1v) is 23.0. The maximum Gasteiger partial charge on any atom is 0.123 e. The van der Waals surface area contributed by atoms with Gasteiger partial charge in [-0.3, -0.25) is 0 Å². The minimum Gasteiger partial charge on any atom is -0.507 e. The summed E-state index contributed by atoms with van der Waals surface area (Å²) in [4.78, 5) is 0. The van der Waals surface area contributed by atoms with Gasteiger partial charge in [0, 0.05) is 34.1 Å². The summed E-state index contributed by atoms with van der Waals surface area (Å²) >= 11 is 0. The van der Waals surface area contributed by atoms with Gasteiger partial charge in [0.2, 0.25) is 0 Å². The average Bonchev–Trinajstić information content (AvgIpc) is 3.04. The fourth-order valence-corrected chi connectivity index (χ4v) is 8.65. The van der Waals surface area contributed by atoms with Gasteiger partial charge in [-0.2, -0.15) is 0 Å². The minimum absolute atomic E-state index is 0.156. The summed E-state index contributed by atoms with van der Waals surface area (Å²) < 4.78 is 0. The van der Waals surface area contributed by atoms with Crippen LogP contribution in [0.15, 0.2) is 48.5 Å². The molecule has 0 amide bonds. The number of phenolic OH excluding ortho intramolecular Hbond substituents is 4. The van der Waals surface area contributed by atoms with Gasteiger partial charge in [-0.05, 0) is 87.8 Å². The topological polar surface area (TPSA) is 80.9 Å². The highest BCUT2D eigenvalue weighted by atomic mass is 16.3. The lowest BCUT2D eigenvalue weighted by atomic mass is 9.66. The molecule has 0 saturated heterocycles. The number of benzene rings is 4. The van der Waals surface area contributed by atoms with E-state index in [1.54, 1.807) is 0 Å². The van der Waals surface area contributed by atoms with Crippen molar-refractivity contribution < 1.29 is 20.4 Å². The lowest BCUT2D eigenvalue weighted by Gasteiger charge is -2.38. The molecule has 0 atom stereocenters. The Morgan fingerprint density at radius 2 is 0.387 bits per heavy atom. The van der Waals surface area contributed by atoms with Crippen LogP contribution in [0, 0.1) is 0 Å². The minimum atomic E-state index is -0.801. The normalized spacial score (nSPS) is 14.0. The Labute approximate surface area is 378 Å². The highest BCUT2D eigenvalue weighted by Crippen LogP contribution is 2.58. The van der Waals surface area contributed by atoms with Gasteiger partial charge in [-0.1, -0.05) is 215 Å². The third-order valence-electron chi connectivity index (χ3n) is 12.9. The van der Waals surface area contributed by atoms with Crippen molar-refractivity contribution in [2.24, 2.45) is 0 Å². The molecule has 0 heterocycles. The third kappa shape index (κ3) is 10.4. The number of hydrogen-bond donors (Lipinski definition) is 4. The molecule has 0 aliphatic rings. The van der Waals surface area contributed by atoms with E-state index in [1.165, 1.54) is 0 Å². The van der Waals surface area contributed by atoms with Crippen LogP contribution < -0.4 is 0 Å². The second kappa shape index (κ2) is 16.0. The van der Waals surface area contributed by atoms with Crippen molar-refractivity contribution >= 4 is 0 Å². The highest BCUT2D eigenvalue weighted by molar-refractivity contribution is 5.65. The van der Waals surface area contributed by atoms with E-state index in [0.29, 0.717) is 22.3 Å². The predicted octanol–water partition coefficient (Wildman–Crippen LogP) is 15.9. The molecule has 0 saturated carbocycles. The summed E-state index contributed by atoms with van der Waals surface area (Å²) in [5.41, 5.74) is 6.94. The van der Waals surface area contributed by atoms with E-state index in [4.69, 9.17) is 0 Å². The Kier molecular flexibility index (Phi) is 13.1. The van der Waals surface area contributed by atoms with Crippen LogP contribution in [0.4, 0.5) is 0 Å². The smallest absolute Gasteiger partial charge is 0.123 e. The van der Waals surface area contributed by atoms with Crippen LogP contribution in [-0.4, -0.2) is 20.4 Å². The number of aromatic hydroxyl groups is 4. The van der Waals surface area contributed by atoms with Crippen LogP contribution in [-0.2, 0) is 43.3 Å². The van der Waals surface area contributed by atoms with Gasteiger partial charge in [0.05, 0.1) is 0 Å². The lowest BCUT2D eigenvalue weighted by Crippen LogP contribution is -2.25. The highest BCUT2D eigenvalue weighted by Gasteiger charge is 2.42. The standard InChI is InChI=1S/C58H86O4/c1-51(2,3)33-25-37(47(59)41(29-33)55(13,14)15)45(38-26-34(52(4,5)6)30-42(48(38)60)56(16,17)18)46(39-27-35(53(7,8)9)31-43(49(39)61)57(19,20)21)40-28-36(54(10,11)12)32-44(50(40)62)58(22,23)24/h25-32,45-46,59-62H,1-24H3. The molecule has 4 nitrogen and oxygen atoms in total. The van der Waals surface area contributed by atoms with E-state index in [2.05, 4.69) is 215 Å². The summed E-state index contributed by atoms with van der Waals surface area (Å²) in [7, 11) is 0. The van der Waals surface area contributed by atoms with Crippen molar-refractivity contribution in [3.8, 4) is 23.0 Å². The molecule has 0 fully saturated rings. The van der Waals surface area contributed by atoms with Gasteiger partial charge < -0.3 is 20.4 Å². The summed E-state index contributed by atoms with van der Waals surface area (Å²) in [6.07, 6.45) is 0. The monoisotopic (exact) mass is 847 g/mol. The number of phenols is 4. The molecule has 342 valence electrons. The van der Waals surface area contributed by atoms with Crippen molar-refractivity contribution in [3.05, 3.63) is 115 Å². The van der Waals surface area contributed by atoms with E-state index >= 15 is 0 Å². The summed E-state index contributed by atoms with van der Waals surface area (Å²) in [5.74, 6) is -0.979. The summed E-state index contributed by atoms with van der Waals surface area (Å²) in [5, 5.41) is 52.4. The van der Waals surface area contributed by atoms with Gasteiger partial charge in [-0.15, -0.1) is 0 Å². The van der Waals surface area contributed by atoms with Gasteiger partial charge in [0.25, 0.3) is 0 Å². The molecule has 4 heteroatoms. The van der Waals surface area contributed by atoms with Crippen LogP contribution in [0.25, 0.3) is 0 Å². The lowest BCUT2D eigenvalue weighted by molar-refractivity contribution is 0.405. The molecule has 4 aromatic carbocycles. The van der Waals surface area contributed by atoms with E-state index in [-0.39, 0.29) is 44.7 Å². The number of rotatable bonds is 5. The molecule has 4 aromatic rings. The summed E-state index contributed by atoms with van der Waals surface area (Å²) in [6, 6.07) is 17.1. The molecule has 4 rings (SSSR count). The Hall–Kier alpha value is -3.92. The van der Waals surface area contributed by atoms with Crippen molar-refractivity contribution in [2.75, 3.05) is 0 Å². The second-order valence-electron chi connectivity index (χ2n) is 26.8. The van der Waals surface area contributed by atoms with Crippen LogP contribution in [0.5, 0.6) is 23.0 Å². The Morgan fingerprint density at radius 3 is 0.500 bits per heavy atom. The Morgan fingerprint density at radius 1 is 0.242 bits per heavy atom. The maximum atomic E-state index is 13.1. The molecule has 0 aromatic heterocycles. The van der Waals surface area contributed by atoms with Gasteiger partial charge in [0.15, 0.2) is 0 Å². The van der Waals surface area contributed by atoms with Crippen LogP contribution >= 0.6 is 0 Å². The first-order valence-electron chi connectivity index (χ1n) is 23.0. The maximum absolute atomic E-state index is 13.1. The van der Waals surface area contributed by atoms with Crippen molar-refractivity contribution in [1.29, 1.82) is 0 Å². The van der Waals surface area contributed by atoms with E-state index in [1.807, 2.05) is 0 Å². The first kappa shape index (κ1) is 50.7. The van der Waals surface area contributed by atoms with Crippen LogP contribution in [0.1, 0.15) is 245 Å². The molecular formula is C58H86O4.